The van der Waals surface area contributed by atoms with Gasteiger partial charge in [0.15, 0.2) is 0 Å². The quantitative estimate of drug-likeness (QED) is 0.775. The molecule has 0 amide bonds. The Bertz CT molecular complexity index is 181. The summed E-state index contributed by atoms with van der Waals surface area (Å²) in [5.41, 5.74) is 0.301. The summed E-state index contributed by atoms with van der Waals surface area (Å²) >= 11 is 0. The Hall–Kier alpha value is -0.0800. The van der Waals surface area contributed by atoms with E-state index < -0.39 is 0 Å². The van der Waals surface area contributed by atoms with Crippen LogP contribution in [0.1, 0.15) is 51.4 Å². The van der Waals surface area contributed by atoms with Gasteiger partial charge in [-0.2, -0.15) is 0 Å². The van der Waals surface area contributed by atoms with Gasteiger partial charge < -0.3 is 10.1 Å². The molecule has 1 saturated carbocycles. The topological polar surface area (TPSA) is 21.3 Å². The Morgan fingerprint density at radius 1 is 1.27 bits per heavy atom. The Morgan fingerprint density at radius 3 is 2.80 bits per heavy atom. The first-order valence-corrected chi connectivity index (χ1v) is 6.63. The zero-order chi connectivity index (χ0) is 10.6. The third-order valence-corrected chi connectivity index (χ3v) is 4.16. The van der Waals surface area contributed by atoms with E-state index >= 15 is 0 Å². The molecule has 0 aromatic heterocycles. The lowest BCUT2D eigenvalue weighted by Crippen LogP contribution is -2.41. The van der Waals surface area contributed by atoms with Gasteiger partial charge in [0.05, 0.1) is 5.60 Å². The smallest absolute Gasteiger partial charge is 0.0685 e. The van der Waals surface area contributed by atoms with Crippen molar-refractivity contribution in [2.24, 2.45) is 5.92 Å². The van der Waals surface area contributed by atoms with Crippen LogP contribution >= 0.6 is 0 Å². The first kappa shape index (κ1) is 11.4. The van der Waals surface area contributed by atoms with Gasteiger partial charge in [0.2, 0.25) is 0 Å². The van der Waals surface area contributed by atoms with Crippen molar-refractivity contribution in [3.05, 3.63) is 0 Å². The molecule has 1 aliphatic heterocycles. The van der Waals surface area contributed by atoms with Crippen molar-refractivity contribution in [1.82, 2.24) is 5.32 Å². The molecule has 1 N–H and O–H groups in total. The van der Waals surface area contributed by atoms with Gasteiger partial charge in [-0.1, -0.05) is 19.3 Å². The lowest BCUT2D eigenvalue weighted by Gasteiger charge is -2.43. The van der Waals surface area contributed by atoms with Gasteiger partial charge in [-0.15, -0.1) is 0 Å². The molecule has 2 heteroatoms. The fraction of sp³-hybridized carbons (Fsp3) is 1.00. The molecule has 0 aromatic carbocycles. The number of hydrogen-bond acceptors (Lipinski definition) is 2. The average Bonchev–Trinajstić information content (AvgIpc) is 2.28. The van der Waals surface area contributed by atoms with Gasteiger partial charge in [0, 0.05) is 6.61 Å². The fourth-order valence-corrected chi connectivity index (χ4v) is 3.27. The summed E-state index contributed by atoms with van der Waals surface area (Å²) in [4.78, 5) is 0. The van der Waals surface area contributed by atoms with E-state index in [1.54, 1.807) is 0 Å². The number of ether oxygens (including phenoxy) is 1. The molecule has 15 heavy (non-hydrogen) atoms. The SMILES string of the molecule is CNCCC1CCOC2(CCCCC2)C1. The molecule has 1 unspecified atom stereocenters. The Balaban J connectivity index is 1.85. The minimum atomic E-state index is 0.301. The van der Waals surface area contributed by atoms with Crippen LogP contribution in [0.25, 0.3) is 0 Å². The van der Waals surface area contributed by atoms with Crippen molar-refractivity contribution >= 4 is 0 Å². The van der Waals surface area contributed by atoms with Gasteiger partial charge in [0.25, 0.3) is 0 Å². The molecule has 0 aromatic rings. The van der Waals surface area contributed by atoms with E-state index in [1.165, 1.54) is 57.9 Å². The third-order valence-electron chi connectivity index (χ3n) is 4.16. The van der Waals surface area contributed by atoms with Crippen LogP contribution < -0.4 is 5.32 Å². The average molecular weight is 211 g/mol. The van der Waals surface area contributed by atoms with E-state index in [0.29, 0.717) is 5.60 Å². The van der Waals surface area contributed by atoms with E-state index in [1.807, 2.05) is 0 Å². The minimum absolute atomic E-state index is 0.301. The maximum atomic E-state index is 6.10. The fourth-order valence-electron chi connectivity index (χ4n) is 3.27. The van der Waals surface area contributed by atoms with E-state index in [2.05, 4.69) is 12.4 Å². The minimum Gasteiger partial charge on any atom is -0.375 e. The number of hydrogen-bond donors (Lipinski definition) is 1. The Morgan fingerprint density at radius 2 is 2.07 bits per heavy atom. The first-order chi connectivity index (χ1) is 7.35. The van der Waals surface area contributed by atoms with Gasteiger partial charge >= 0.3 is 0 Å². The van der Waals surface area contributed by atoms with Crippen molar-refractivity contribution in [2.75, 3.05) is 20.2 Å². The summed E-state index contributed by atoms with van der Waals surface area (Å²) in [7, 11) is 2.05. The van der Waals surface area contributed by atoms with Gasteiger partial charge in [-0.25, -0.2) is 0 Å². The lowest BCUT2D eigenvalue weighted by molar-refractivity contribution is -0.118. The molecule has 0 radical (unpaired) electrons. The lowest BCUT2D eigenvalue weighted by atomic mass is 9.75. The second kappa shape index (κ2) is 5.31. The summed E-state index contributed by atoms with van der Waals surface area (Å²) in [6.45, 7) is 2.18. The second-order valence-corrected chi connectivity index (χ2v) is 5.34. The third kappa shape index (κ3) is 2.94. The zero-order valence-electron chi connectivity index (χ0n) is 10.1. The molecule has 2 fully saturated rings. The van der Waals surface area contributed by atoms with E-state index in [9.17, 15) is 0 Å². The van der Waals surface area contributed by atoms with Crippen LogP contribution in [0.2, 0.25) is 0 Å². The van der Waals surface area contributed by atoms with Crippen molar-refractivity contribution in [3.63, 3.8) is 0 Å². The maximum absolute atomic E-state index is 6.10. The molecule has 1 heterocycles. The second-order valence-electron chi connectivity index (χ2n) is 5.34. The Labute approximate surface area is 93.8 Å². The van der Waals surface area contributed by atoms with E-state index in [4.69, 9.17) is 4.74 Å². The largest absolute Gasteiger partial charge is 0.375 e. The molecule has 1 spiro atoms. The zero-order valence-corrected chi connectivity index (χ0v) is 10.1. The molecule has 1 atom stereocenters. The standard InChI is InChI=1S/C13H25NO/c1-14-9-5-12-6-10-15-13(11-12)7-3-2-4-8-13/h12,14H,2-11H2,1H3. The highest BCUT2D eigenvalue weighted by Crippen LogP contribution is 2.41. The van der Waals surface area contributed by atoms with Crippen LogP contribution in [0.4, 0.5) is 0 Å². The van der Waals surface area contributed by atoms with E-state index in [0.717, 1.165) is 12.5 Å². The molecular formula is C13H25NO. The summed E-state index contributed by atoms with van der Waals surface area (Å²) in [5.74, 6) is 0.907. The highest BCUT2D eigenvalue weighted by atomic mass is 16.5. The van der Waals surface area contributed by atoms with Crippen molar-refractivity contribution in [1.29, 1.82) is 0 Å². The van der Waals surface area contributed by atoms with Gasteiger partial charge in [0.1, 0.15) is 0 Å². The van der Waals surface area contributed by atoms with Crippen LogP contribution in [-0.2, 0) is 4.74 Å². The molecule has 2 nitrogen and oxygen atoms in total. The molecule has 2 rings (SSSR count). The van der Waals surface area contributed by atoms with Crippen LogP contribution in [-0.4, -0.2) is 25.8 Å². The molecular weight excluding hydrogens is 186 g/mol. The maximum Gasteiger partial charge on any atom is 0.0685 e. The molecule has 1 saturated heterocycles. The van der Waals surface area contributed by atoms with Crippen LogP contribution in [0.3, 0.4) is 0 Å². The monoisotopic (exact) mass is 211 g/mol. The van der Waals surface area contributed by atoms with Crippen molar-refractivity contribution in [2.45, 2.75) is 57.0 Å². The van der Waals surface area contributed by atoms with Crippen molar-refractivity contribution < 1.29 is 4.74 Å². The van der Waals surface area contributed by atoms with E-state index in [-0.39, 0.29) is 0 Å². The van der Waals surface area contributed by atoms with Crippen LogP contribution in [0.5, 0.6) is 0 Å². The van der Waals surface area contributed by atoms with Crippen LogP contribution in [0.15, 0.2) is 0 Å². The number of nitrogens with one attached hydrogen (secondary N) is 1. The van der Waals surface area contributed by atoms with Crippen LogP contribution in [0, 0.1) is 5.92 Å². The molecule has 0 bridgehead atoms. The summed E-state index contributed by atoms with van der Waals surface area (Å²) in [6, 6.07) is 0. The molecule has 1 aliphatic carbocycles. The summed E-state index contributed by atoms with van der Waals surface area (Å²) in [5, 5.41) is 3.27. The molecule has 2 aliphatic rings. The van der Waals surface area contributed by atoms with Gasteiger partial charge in [-0.3, -0.25) is 0 Å². The number of rotatable bonds is 3. The highest BCUT2D eigenvalue weighted by molar-refractivity contribution is 4.89. The normalized spacial score (nSPS) is 30.6. The predicted octanol–water partition coefficient (Wildman–Crippen LogP) is 2.73. The summed E-state index contributed by atoms with van der Waals surface area (Å²) in [6.07, 6.45) is 10.8. The first-order valence-electron chi connectivity index (χ1n) is 6.63. The van der Waals surface area contributed by atoms with Gasteiger partial charge in [-0.05, 0) is 51.6 Å². The van der Waals surface area contributed by atoms with Crippen molar-refractivity contribution in [3.8, 4) is 0 Å². The highest BCUT2D eigenvalue weighted by Gasteiger charge is 2.37. The summed E-state index contributed by atoms with van der Waals surface area (Å²) < 4.78 is 6.10. The predicted molar refractivity (Wildman–Crippen MR) is 63.0 cm³/mol. The Kier molecular flexibility index (Phi) is 4.04. The molecule has 88 valence electrons.